The Morgan fingerprint density at radius 3 is 2.36 bits per heavy atom. The Labute approximate surface area is 78.6 Å². The summed E-state index contributed by atoms with van der Waals surface area (Å²) in [5, 5.41) is 0. The molecule has 0 fully saturated rings. The molecule has 0 saturated heterocycles. The molecule has 0 saturated carbocycles. The quantitative estimate of drug-likeness (QED) is 0.273. The molecule has 3 nitrogen and oxygen atoms in total. The van der Waals surface area contributed by atoms with Crippen molar-refractivity contribution in [2.75, 3.05) is 0 Å². The van der Waals surface area contributed by atoms with E-state index in [2.05, 4.69) is 0 Å². The molecule has 0 aliphatic carbocycles. The van der Waals surface area contributed by atoms with Crippen molar-refractivity contribution >= 4 is 28.8 Å². The number of halogens is 1. The molecule has 0 radical (unpaired) electrons. The molecule has 11 heavy (non-hydrogen) atoms. The van der Waals surface area contributed by atoms with Gasteiger partial charge in [0.15, 0.2) is 0 Å². The number of benzene rings is 1. The van der Waals surface area contributed by atoms with E-state index in [-0.39, 0.29) is 5.91 Å². The molecule has 1 aromatic carbocycles. The molecule has 0 aliphatic rings. The molecule has 0 heterocycles. The van der Waals surface area contributed by atoms with Crippen molar-refractivity contribution in [3.05, 3.63) is 35.9 Å². The van der Waals surface area contributed by atoms with Crippen LogP contribution in [-0.4, -0.2) is 9.13 Å². The fourth-order valence-corrected chi connectivity index (χ4v) is 0.983. The summed E-state index contributed by atoms with van der Waals surface area (Å²) in [7, 11) is 0. The lowest BCUT2D eigenvalue weighted by atomic mass is 10.2. The minimum absolute atomic E-state index is 0.189. The Kier molecular flexibility index (Phi) is 2.84. The number of amides is 1. The zero-order chi connectivity index (χ0) is 8.27. The monoisotopic (exact) mass is 262 g/mol. The van der Waals surface area contributed by atoms with Crippen LogP contribution in [0.2, 0.25) is 0 Å². The van der Waals surface area contributed by atoms with Gasteiger partial charge in [0.1, 0.15) is 0 Å². The maximum absolute atomic E-state index is 11.1. The summed E-state index contributed by atoms with van der Waals surface area (Å²) >= 11 is 1.73. The second-order valence-corrected chi connectivity index (χ2v) is 3.02. The van der Waals surface area contributed by atoms with Crippen molar-refractivity contribution in [3.8, 4) is 0 Å². The van der Waals surface area contributed by atoms with Crippen LogP contribution in [0.3, 0.4) is 0 Å². The van der Waals surface area contributed by atoms with E-state index in [1.54, 1.807) is 47.1 Å². The predicted octanol–water partition coefficient (Wildman–Crippen LogP) is 1.35. The lowest BCUT2D eigenvalue weighted by Crippen LogP contribution is -2.26. The number of nitrogens with two attached hydrogens (primary N) is 1. The van der Waals surface area contributed by atoms with E-state index in [1.807, 2.05) is 6.07 Å². The van der Waals surface area contributed by atoms with E-state index in [1.165, 1.54) is 0 Å². The van der Waals surface area contributed by atoms with E-state index < -0.39 is 0 Å². The van der Waals surface area contributed by atoms with Crippen molar-refractivity contribution in [3.63, 3.8) is 0 Å². The molecule has 1 amide bonds. The highest BCUT2D eigenvalue weighted by atomic mass is 127. The average molecular weight is 262 g/mol. The highest BCUT2D eigenvalue weighted by molar-refractivity contribution is 14.1. The summed E-state index contributed by atoms with van der Waals surface area (Å²) in [6, 6.07) is 8.90. The fourth-order valence-electron chi connectivity index (χ4n) is 0.704. The molecular formula is C7H7IN2O. The fraction of sp³-hybridized carbons (Fsp3) is 0. The largest absolute Gasteiger partial charge is 0.276 e. The second kappa shape index (κ2) is 3.68. The van der Waals surface area contributed by atoms with E-state index >= 15 is 0 Å². The highest BCUT2D eigenvalue weighted by Crippen LogP contribution is 2.03. The van der Waals surface area contributed by atoms with E-state index in [9.17, 15) is 4.79 Å². The summed E-state index contributed by atoms with van der Waals surface area (Å²) in [4.78, 5) is 11.1. The number of carbonyl (C=O) groups excluding carboxylic acids is 1. The number of hydrazine groups is 1. The van der Waals surface area contributed by atoms with Gasteiger partial charge in [-0.1, -0.05) is 18.2 Å². The third-order valence-corrected chi connectivity index (χ3v) is 1.65. The van der Waals surface area contributed by atoms with Gasteiger partial charge in [0, 0.05) is 5.56 Å². The summed E-state index contributed by atoms with van der Waals surface area (Å²) in [6.07, 6.45) is 0. The van der Waals surface area contributed by atoms with Gasteiger partial charge in [-0.05, 0) is 12.1 Å². The Morgan fingerprint density at radius 1 is 1.36 bits per heavy atom. The average Bonchev–Trinajstić information content (AvgIpc) is 2.05. The predicted molar refractivity (Wildman–Crippen MR) is 50.8 cm³/mol. The molecule has 0 aromatic heterocycles. The summed E-state index contributed by atoms with van der Waals surface area (Å²) < 4.78 is 1.03. The van der Waals surface area contributed by atoms with E-state index in [0.717, 1.165) is 3.22 Å². The summed E-state index contributed by atoms with van der Waals surface area (Å²) in [5.74, 6) is 5.05. The van der Waals surface area contributed by atoms with Crippen LogP contribution in [0.25, 0.3) is 0 Å². The van der Waals surface area contributed by atoms with E-state index in [4.69, 9.17) is 5.84 Å². The van der Waals surface area contributed by atoms with E-state index in [0.29, 0.717) is 5.56 Å². The van der Waals surface area contributed by atoms with Crippen LogP contribution in [0, 0.1) is 0 Å². The second-order valence-electron chi connectivity index (χ2n) is 1.98. The van der Waals surface area contributed by atoms with Crippen LogP contribution >= 0.6 is 22.9 Å². The molecule has 1 aromatic rings. The number of hydrogen-bond donors (Lipinski definition) is 1. The van der Waals surface area contributed by atoms with Crippen molar-refractivity contribution in [1.29, 1.82) is 0 Å². The zero-order valence-corrected chi connectivity index (χ0v) is 7.86. The Hall–Kier alpha value is -0.620. The Balaban J connectivity index is 2.86. The highest BCUT2D eigenvalue weighted by Gasteiger charge is 2.07. The first-order chi connectivity index (χ1) is 5.22. The minimum atomic E-state index is -0.189. The summed E-state index contributed by atoms with van der Waals surface area (Å²) in [6.45, 7) is 0. The van der Waals surface area contributed by atoms with Gasteiger partial charge in [-0.25, -0.2) is 9.06 Å². The van der Waals surface area contributed by atoms with Crippen molar-refractivity contribution < 1.29 is 4.79 Å². The van der Waals surface area contributed by atoms with Gasteiger partial charge in [-0.15, -0.1) is 0 Å². The number of hydrogen-bond acceptors (Lipinski definition) is 2. The normalized spacial score (nSPS) is 9.27. The Morgan fingerprint density at radius 2 is 1.91 bits per heavy atom. The third kappa shape index (κ3) is 2.16. The Bertz CT molecular complexity index is 248. The maximum Gasteiger partial charge on any atom is 0.276 e. The van der Waals surface area contributed by atoms with Crippen LogP contribution < -0.4 is 5.84 Å². The number of carbonyl (C=O) groups is 1. The molecule has 0 bridgehead atoms. The summed E-state index contributed by atoms with van der Waals surface area (Å²) in [5.41, 5.74) is 0.601. The zero-order valence-electron chi connectivity index (χ0n) is 5.70. The first-order valence-electron chi connectivity index (χ1n) is 3.02. The topological polar surface area (TPSA) is 46.3 Å². The molecule has 4 heteroatoms. The molecule has 0 aliphatic heterocycles. The van der Waals surface area contributed by atoms with Gasteiger partial charge in [0.25, 0.3) is 5.91 Å². The first-order valence-corrected chi connectivity index (χ1v) is 3.98. The van der Waals surface area contributed by atoms with Gasteiger partial charge in [-0.3, -0.25) is 4.79 Å². The van der Waals surface area contributed by atoms with Crippen LogP contribution in [0.4, 0.5) is 0 Å². The van der Waals surface area contributed by atoms with Crippen LogP contribution in [0.15, 0.2) is 30.3 Å². The molecule has 0 atom stereocenters. The minimum Gasteiger partial charge on any atom is -0.267 e. The lowest BCUT2D eigenvalue weighted by Gasteiger charge is -2.05. The van der Waals surface area contributed by atoms with Gasteiger partial charge in [0.2, 0.25) is 0 Å². The smallest absolute Gasteiger partial charge is 0.267 e. The SMILES string of the molecule is NN(I)C(=O)c1ccccc1. The van der Waals surface area contributed by atoms with Gasteiger partial charge in [-0.2, -0.15) is 0 Å². The molecule has 1 rings (SSSR count). The number of rotatable bonds is 1. The molecule has 58 valence electrons. The van der Waals surface area contributed by atoms with Gasteiger partial charge < -0.3 is 0 Å². The first kappa shape index (κ1) is 8.48. The lowest BCUT2D eigenvalue weighted by molar-refractivity contribution is 0.0888. The van der Waals surface area contributed by atoms with Crippen LogP contribution in [0.1, 0.15) is 10.4 Å². The van der Waals surface area contributed by atoms with Crippen LogP contribution in [-0.2, 0) is 0 Å². The molecule has 0 spiro atoms. The maximum atomic E-state index is 11.1. The van der Waals surface area contributed by atoms with Crippen LogP contribution in [0.5, 0.6) is 0 Å². The third-order valence-electron chi connectivity index (χ3n) is 1.21. The molecule has 0 unspecified atom stereocenters. The van der Waals surface area contributed by atoms with Crippen molar-refractivity contribution in [2.45, 2.75) is 0 Å². The van der Waals surface area contributed by atoms with Gasteiger partial charge in [0.05, 0.1) is 22.9 Å². The molecular weight excluding hydrogens is 255 g/mol. The number of nitrogens with zero attached hydrogens (tertiary/aromatic N) is 1. The van der Waals surface area contributed by atoms with Crippen molar-refractivity contribution in [2.24, 2.45) is 5.84 Å². The van der Waals surface area contributed by atoms with Crippen molar-refractivity contribution in [1.82, 2.24) is 3.22 Å². The molecule has 2 N–H and O–H groups in total. The van der Waals surface area contributed by atoms with Gasteiger partial charge >= 0.3 is 0 Å². The standard InChI is InChI=1S/C7H7IN2O/c8-10(9)7(11)6-4-2-1-3-5-6/h1-5H,9H2.